The molecule has 2 aromatic heterocycles. The van der Waals surface area contributed by atoms with Gasteiger partial charge in [-0.2, -0.15) is 0 Å². The first-order valence-electron chi connectivity index (χ1n) is 8.28. The zero-order valence-corrected chi connectivity index (χ0v) is 14.4. The van der Waals surface area contributed by atoms with Gasteiger partial charge in [0, 0.05) is 50.2 Å². The second kappa shape index (κ2) is 7.59. The molecule has 1 atom stereocenters. The fourth-order valence-corrected chi connectivity index (χ4v) is 2.99. The third-order valence-corrected chi connectivity index (χ3v) is 4.12. The molecule has 0 amide bonds. The van der Waals surface area contributed by atoms with Crippen molar-refractivity contribution >= 4 is 5.82 Å². The van der Waals surface area contributed by atoms with Gasteiger partial charge in [-0.3, -0.25) is 9.88 Å². The van der Waals surface area contributed by atoms with Gasteiger partial charge in [0.15, 0.2) is 0 Å². The molecule has 24 heavy (non-hydrogen) atoms. The number of aromatic nitrogens is 2. The number of rotatable bonds is 6. The standard InChI is InChI=1S/C18H25N5O/c1-22(2)12-15-10-16(5-8-20-15)24-17-6-9-23(13-17)11-14-4-3-7-21-18(14)19/h3-5,7-8,10,17H,6,9,11-13H2,1-2H3,(H2,19,21). The van der Waals surface area contributed by atoms with E-state index in [1.807, 2.05) is 44.6 Å². The lowest BCUT2D eigenvalue weighted by atomic mass is 10.2. The van der Waals surface area contributed by atoms with Gasteiger partial charge >= 0.3 is 0 Å². The molecule has 3 heterocycles. The Hall–Kier alpha value is -2.18. The van der Waals surface area contributed by atoms with Gasteiger partial charge in [-0.1, -0.05) is 6.07 Å². The molecule has 0 saturated carbocycles. The minimum atomic E-state index is 0.206. The molecule has 3 rings (SSSR count). The van der Waals surface area contributed by atoms with Gasteiger partial charge in [0.2, 0.25) is 0 Å². The molecule has 2 aromatic rings. The van der Waals surface area contributed by atoms with Crippen LogP contribution in [0.4, 0.5) is 5.82 Å². The Labute approximate surface area is 143 Å². The van der Waals surface area contributed by atoms with Crippen molar-refractivity contribution in [3.63, 3.8) is 0 Å². The SMILES string of the molecule is CN(C)Cc1cc(OC2CCN(Cc3cccnc3N)C2)ccn1. The number of anilines is 1. The molecule has 0 aliphatic carbocycles. The largest absolute Gasteiger partial charge is 0.489 e. The van der Waals surface area contributed by atoms with Crippen molar-refractivity contribution < 1.29 is 4.74 Å². The van der Waals surface area contributed by atoms with Gasteiger partial charge in [-0.15, -0.1) is 0 Å². The molecule has 1 aliphatic rings. The summed E-state index contributed by atoms with van der Waals surface area (Å²) in [5.41, 5.74) is 8.04. The highest BCUT2D eigenvalue weighted by molar-refractivity contribution is 5.38. The predicted octanol–water partition coefficient (Wildman–Crippen LogP) is 1.77. The summed E-state index contributed by atoms with van der Waals surface area (Å²) in [5, 5.41) is 0. The summed E-state index contributed by atoms with van der Waals surface area (Å²) in [4.78, 5) is 13.0. The van der Waals surface area contributed by atoms with E-state index in [0.717, 1.165) is 49.6 Å². The smallest absolute Gasteiger partial charge is 0.127 e. The van der Waals surface area contributed by atoms with E-state index in [1.165, 1.54) is 0 Å². The zero-order valence-electron chi connectivity index (χ0n) is 14.4. The van der Waals surface area contributed by atoms with Crippen molar-refractivity contribution in [1.29, 1.82) is 0 Å². The highest BCUT2D eigenvalue weighted by Crippen LogP contribution is 2.21. The lowest BCUT2D eigenvalue weighted by molar-refractivity contribution is 0.198. The summed E-state index contributed by atoms with van der Waals surface area (Å²) in [6.07, 6.45) is 4.77. The highest BCUT2D eigenvalue weighted by atomic mass is 16.5. The molecular weight excluding hydrogens is 302 g/mol. The molecule has 1 aliphatic heterocycles. The van der Waals surface area contributed by atoms with Crippen molar-refractivity contribution in [1.82, 2.24) is 19.8 Å². The first-order chi connectivity index (χ1) is 11.6. The van der Waals surface area contributed by atoms with E-state index in [4.69, 9.17) is 10.5 Å². The Morgan fingerprint density at radius 2 is 2.17 bits per heavy atom. The average molecular weight is 327 g/mol. The molecule has 0 aromatic carbocycles. The molecule has 0 radical (unpaired) electrons. The molecule has 6 heteroatoms. The van der Waals surface area contributed by atoms with E-state index in [2.05, 4.69) is 19.8 Å². The van der Waals surface area contributed by atoms with Crippen LogP contribution < -0.4 is 10.5 Å². The van der Waals surface area contributed by atoms with E-state index in [0.29, 0.717) is 5.82 Å². The highest BCUT2D eigenvalue weighted by Gasteiger charge is 2.24. The summed E-state index contributed by atoms with van der Waals surface area (Å²) in [7, 11) is 4.07. The monoisotopic (exact) mass is 327 g/mol. The van der Waals surface area contributed by atoms with Crippen LogP contribution in [-0.2, 0) is 13.1 Å². The maximum Gasteiger partial charge on any atom is 0.127 e. The second-order valence-electron chi connectivity index (χ2n) is 6.53. The first-order valence-corrected chi connectivity index (χ1v) is 8.28. The molecule has 1 unspecified atom stereocenters. The van der Waals surface area contributed by atoms with Crippen LogP contribution >= 0.6 is 0 Å². The van der Waals surface area contributed by atoms with Crippen LogP contribution in [0.25, 0.3) is 0 Å². The fraction of sp³-hybridized carbons (Fsp3) is 0.444. The number of likely N-dealkylation sites (tertiary alicyclic amines) is 1. The van der Waals surface area contributed by atoms with Gasteiger partial charge in [0.25, 0.3) is 0 Å². The number of pyridine rings is 2. The van der Waals surface area contributed by atoms with Crippen molar-refractivity contribution in [2.24, 2.45) is 0 Å². The van der Waals surface area contributed by atoms with Crippen molar-refractivity contribution in [3.8, 4) is 5.75 Å². The Morgan fingerprint density at radius 1 is 1.29 bits per heavy atom. The van der Waals surface area contributed by atoms with Crippen LogP contribution in [0.3, 0.4) is 0 Å². The fourth-order valence-electron chi connectivity index (χ4n) is 2.99. The Morgan fingerprint density at radius 3 is 2.96 bits per heavy atom. The molecule has 2 N–H and O–H groups in total. The Bertz CT molecular complexity index is 676. The minimum absolute atomic E-state index is 0.206. The number of nitrogen functional groups attached to an aromatic ring is 1. The molecule has 6 nitrogen and oxygen atoms in total. The predicted molar refractivity (Wildman–Crippen MR) is 94.6 cm³/mol. The van der Waals surface area contributed by atoms with E-state index in [1.54, 1.807) is 6.20 Å². The third kappa shape index (κ3) is 4.43. The minimum Gasteiger partial charge on any atom is -0.489 e. The van der Waals surface area contributed by atoms with Gasteiger partial charge in [-0.05, 0) is 32.6 Å². The topological polar surface area (TPSA) is 67.5 Å². The average Bonchev–Trinajstić information content (AvgIpc) is 2.96. The van der Waals surface area contributed by atoms with Crippen molar-refractivity contribution in [2.75, 3.05) is 32.9 Å². The second-order valence-corrected chi connectivity index (χ2v) is 6.53. The lowest BCUT2D eigenvalue weighted by Crippen LogP contribution is -2.25. The summed E-state index contributed by atoms with van der Waals surface area (Å²) in [5.74, 6) is 1.51. The molecule has 1 saturated heterocycles. The normalized spacial score (nSPS) is 18.2. The summed E-state index contributed by atoms with van der Waals surface area (Å²) in [6.45, 7) is 3.55. The molecular formula is C18H25N5O. The molecule has 1 fully saturated rings. The van der Waals surface area contributed by atoms with Crippen LogP contribution in [-0.4, -0.2) is 53.1 Å². The zero-order chi connectivity index (χ0) is 16.9. The van der Waals surface area contributed by atoms with Crippen molar-refractivity contribution in [3.05, 3.63) is 47.9 Å². The summed E-state index contributed by atoms with van der Waals surface area (Å²) >= 11 is 0. The van der Waals surface area contributed by atoms with Crippen LogP contribution in [0, 0.1) is 0 Å². The third-order valence-electron chi connectivity index (χ3n) is 4.12. The Kier molecular flexibility index (Phi) is 5.27. The summed E-state index contributed by atoms with van der Waals surface area (Å²) < 4.78 is 6.15. The van der Waals surface area contributed by atoms with E-state index < -0.39 is 0 Å². The van der Waals surface area contributed by atoms with Crippen LogP contribution in [0.15, 0.2) is 36.7 Å². The van der Waals surface area contributed by atoms with Gasteiger partial charge in [0.1, 0.15) is 17.7 Å². The quantitative estimate of drug-likeness (QED) is 0.872. The number of hydrogen-bond donors (Lipinski definition) is 1. The number of hydrogen-bond acceptors (Lipinski definition) is 6. The van der Waals surface area contributed by atoms with Crippen molar-refractivity contribution in [2.45, 2.75) is 25.6 Å². The van der Waals surface area contributed by atoms with Crippen LogP contribution in [0.2, 0.25) is 0 Å². The lowest BCUT2D eigenvalue weighted by Gasteiger charge is -2.18. The van der Waals surface area contributed by atoms with E-state index >= 15 is 0 Å². The van der Waals surface area contributed by atoms with Gasteiger partial charge < -0.3 is 15.4 Å². The van der Waals surface area contributed by atoms with Crippen LogP contribution in [0.5, 0.6) is 5.75 Å². The maximum atomic E-state index is 6.15. The summed E-state index contributed by atoms with van der Waals surface area (Å²) in [6, 6.07) is 7.93. The van der Waals surface area contributed by atoms with E-state index in [9.17, 15) is 0 Å². The van der Waals surface area contributed by atoms with E-state index in [-0.39, 0.29) is 6.10 Å². The van der Waals surface area contributed by atoms with Crippen LogP contribution in [0.1, 0.15) is 17.7 Å². The molecule has 0 bridgehead atoms. The maximum absolute atomic E-state index is 6.15. The molecule has 0 spiro atoms. The number of nitrogens with zero attached hydrogens (tertiary/aromatic N) is 4. The molecule has 128 valence electrons. The van der Waals surface area contributed by atoms with Gasteiger partial charge in [0.05, 0.1) is 5.69 Å². The first kappa shape index (κ1) is 16.7. The number of ether oxygens (including phenoxy) is 1. The Balaban J connectivity index is 1.55. The van der Waals surface area contributed by atoms with Gasteiger partial charge in [-0.25, -0.2) is 4.98 Å². The number of nitrogens with two attached hydrogens (primary N) is 1.